The number of halogens is 1. The van der Waals surface area contributed by atoms with E-state index >= 15 is 0 Å². The Hall–Kier alpha value is -2.74. The molecule has 0 atom stereocenters. The second-order valence-electron chi connectivity index (χ2n) is 5.38. The van der Waals surface area contributed by atoms with E-state index in [1.807, 2.05) is 54.6 Å². The molecule has 2 aromatic carbocycles. The van der Waals surface area contributed by atoms with Crippen LogP contribution in [0.2, 0.25) is 5.02 Å². The van der Waals surface area contributed by atoms with Crippen molar-refractivity contribution in [2.24, 2.45) is 0 Å². The number of hydrogen-bond donors (Lipinski definition) is 3. The number of thiophene rings is 1. The average molecular weight is 416 g/mol. The van der Waals surface area contributed by atoms with E-state index < -0.39 is 11.8 Å². The van der Waals surface area contributed by atoms with Crippen LogP contribution in [0.3, 0.4) is 0 Å². The summed E-state index contributed by atoms with van der Waals surface area (Å²) in [6.45, 7) is 0. The van der Waals surface area contributed by atoms with Gasteiger partial charge in [-0.3, -0.25) is 25.8 Å². The zero-order valence-corrected chi connectivity index (χ0v) is 16.3. The van der Waals surface area contributed by atoms with Crippen molar-refractivity contribution in [2.75, 3.05) is 0 Å². The zero-order valence-electron chi connectivity index (χ0n) is 13.9. The van der Waals surface area contributed by atoms with Crippen molar-refractivity contribution in [3.8, 4) is 0 Å². The highest BCUT2D eigenvalue weighted by atomic mass is 35.5. The number of fused-ring (bicyclic) bond motifs is 1. The molecule has 0 bridgehead atoms. The zero-order chi connectivity index (χ0) is 19.2. The van der Waals surface area contributed by atoms with Crippen LogP contribution in [0.4, 0.5) is 0 Å². The highest BCUT2D eigenvalue weighted by molar-refractivity contribution is 7.80. The average Bonchev–Trinajstić information content (AvgIpc) is 3.02. The maximum absolute atomic E-state index is 12.3. The molecule has 0 aliphatic rings. The minimum absolute atomic E-state index is 0.0247. The quantitative estimate of drug-likeness (QED) is 0.344. The number of benzene rings is 2. The predicted molar refractivity (Wildman–Crippen MR) is 114 cm³/mol. The van der Waals surface area contributed by atoms with Crippen LogP contribution in [0.25, 0.3) is 16.2 Å². The fourth-order valence-corrected chi connectivity index (χ4v) is 3.82. The van der Waals surface area contributed by atoms with Crippen LogP contribution in [0, 0.1) is 0 Å². The summed E-state index contributed by atoms with van der Waals surface area (Å²) in [5, 5.41) is 3.62. The van der Waals surface area contributed by atoms with Crippen molar-refractivity contribution < 1.29 is 9.59 Å². The van der Waals surface area contributed by atoms with Crippen LogP contribution in [0.15, 0.2) is 60.7 Å². The van der Waals surface area contributed by atoms with Crippen LogP contribution in [0.1, 0.15) is 15.2 Å². The summed E-state index contributed by atoms with van der Waals surface area (Å²) in [6, 6.07) is 16.9. The third-order valence-corrected chi connectivity index (χ3v) is 5.37. The summed E-state index contributed by atoms with van der Waals surface area (Å²) in [4.78, 5) is 24.5. The minimum atomic E-state index is -0.433. The van der Waals surface area contributed by atoms with Gasteiger partial charge in [-0.25, -0.2) is 0 Å². The van der Waals surface area contributed by atoms with Crippen molar-refractivity contribution in [1.82, 2.24) is 16.2 Å². The molecule has 1 aromatic heterocycles. The lowest BCUT2D eigenvalue weighted by Crippen LogP contribution is -2.48. The van der Waals surface area contributed by atoms with Gasteiger partial charge in [-0.05, 0) is 29.9 Å². The molecular weight excluding hydrogens is 402 g/mol. The van der Waals surface area contributed by atoms with Crippen molar-refractivity contribution in [3.63, 3.8) is 0 Å². The van der Waals surface area contributed by atoms with E-state index in [9.17, 15) is 9.59 Å². The van der Waals surface area contributed by atoms with E-state index in [0.29, 0.717) is 9.90 Å². The molecule has 0 fully saturated rings. The SMILES string of the molecule is O=C(/C=C/c1ccccc1)NC(=S)NNC(=O)c1sc2ccccc2c1Cl. The Morgan fingerprint density at radius 2 is 1.70 bits per heavy atom. The molecule has 136 valence electrons. The summed E-state index contributed by atoms with van der Waals surface area (Å²) >= 11 is 12.5. The highest BCUT2D eigenvalue weighted by Gasteiger charge is 2.17. The Labute approximate surface area is 170 Å². The first-order chi connectivity index (χ1) is 13.0. The lowest BCUT2D eigenvalue weighted by molar-refractivity contribution is -0.115. The van der Waals surface area contributed by atoms with Gasteiger partial charge in [0.1, 0.15) is 4.88 Å². The first-order valence-corrected chi connectivity index (χ1v) is 9.46. The smallest absolute Gasteiger partial charge is 0.281 e. The molecule has 0 radical (unpaired) electrons. The van der Waals surface area contributed by atoms with Gasteiger partial charge < -0.3 is 0 Å². The van der Waals surface area contributed by atoms with Crippen molar-refractivity contribution in [1.29, 1.82) is 0 Å². The van der Waals surface area contributed by atoms with Crippen molar-refractivity contribution in [3.05, 3.63) is 76.1 Å². The Bertz CT molecular complexity index is 1030. The number of carbonyl (C=O) groups excluding carboxylic acids is 2. The van der Waals surface area contributed by atoms with Gasteiger partial charge in [-0.1, -0.05) is 60.1 Å². The number of carbonyl (C=O) groups is 2. The first-order valence-electron chi connectivity index (χ1n) is 7.86. The van der Waals surface area contributed by atoms with Gasteiger partial charge in [0.15, 0.2) is 5.11 Å². The van der Waals surface area contributed by atoms with Crippen LogP contribution < -0.4 is 16.2 Å². The summed E-state index contributed by atoms with van der Waals surface area (Å²) in [7, 11) is 0. The van der Waals surface area contributed by atoms with Gasteiger partial charge in [0, 0.05) is 16.2 Å². The second kappa shape index (κ2) is 8.77. The molecule has 0 aliphatic heterocycles. The van der Waals surface area contributed by atoms with Gasteiger partial charge in [-0.2, -0.15) is 0 Å². The molecule has 5 nitrogen and oxygen atoms in total. The van der Waals surface area contributed by atoms with Crippen LogP contribution in [-0.4, -0.2) is 16.9 Å². The molecule has 3 aromatic rings. The van der Waals surface area contributed by atoms with Crippen LogP contribution >= 0.6 is 35.2 Å². The largest absolute Gasteiger partial charge is 0.298 e. The molecule has 8 heteroatoms. The number of thiocarbonyl (C=S) groups is 1. The standard InChI is InChI=1S/C19H14ClN3O2S2/c20-16-13-8-4-5-9-14(13)27-17(16)18(25)22-23-19(26)21-15(24)11-10-12-6-2-1-3-7-12/h1-11H,(H,22,25)(H2,21,23,24,26)/b11-10+. The Morgan fingerprint density at radius 1 is 1.00 bits per heavy atom. The first kappa shape index (κ1) is 19.0. The topological polar surface area (TPSA) is 70.2 Å². The Balaban J connectivity index is 1.53. The van der Waals surface area contributed by atoms with Gasteiger partial charge in [-0.15, -0.1) is 11.3 Å². The van der Waals surface area contributed by atoms with Gasteiger partial charge in [0.25, 0.3) is 5.91 Å². The van der Waals surface area contributed by atoms with E-state index in [1.165, 1.54) is 17.4 Å². The Kier molecular flexibility index (Phi) is 6.18. The lowest BCUT2D eigenvalue weighted by atomic mass is 10.2. The molecule has 3 rings (SSSR count). The maximum atomic E-state index is 12.3. The molecule has 27 heavy (non-hydrogen) atoms. The van der Waals surface area contributed by atoms with Gasteiger partial charge in [0.05, 0.1) is 5.02 Å². The highest BCUT2D eigenvalue weighted by Crippen LogP contribution is 2.34. The maximum Gasteiger partial charge on any atom is 0.281 e. The summed E-state index contributed by atoms with van der Waals surface area (Å²) in [5.41, 5.74) is 5.82. The number of hydrogen-bond acceptors (Lipinski definition) is 4. The normalized spacial score (nSPS) is 10.7. The predicted octanol–water partition coefficient (Wildman–Crippen LogP) is 3.90. The third-order valence-electron chi connectivity index (χ3n) is 3.49. The fourth-order valence-electron chi connectivity index (χ4n) is 2.25. The molecular formula is C19H14ClN3O2S2. The van der Waals surface area contributed by atoms with E-state index in [1.54, 1.807) is 6.08 Å². The molecule has 0 unspecified atom stereocenters. The summed E-state index contributed by atoms with van der Waals surface area (Å²) in [5.74, 6) is -0.844. The third kappa shape index (κ3) is 4.91. The number of rotatable bonds is 3. The molecule has 0 saturated heterocycles. The molecule has 2 amide bonds. The number of hydrazine groups is 1. The molecule has 1 heterocycles. The van der Waals surface area contributed by atoms with Crippen LogP contribution in [0.5, 0.6) is 0 Å². The number of amides is 2. The van der Waals surface area contributed by atoms with E-state index in [0.717, 1.165) is 15.6 Å². The summed E-state index contributed by atoms with van der Waals surface area (Å²) < 4.78 is 0.912. The number of nitrogens with one attached hydrogen (secondary N) is 3. The van der Waals surface area contributed by atoms with E-state index in [4.69, 9.17) is 23.8 Å². The van der Waals surface area contributed by atoms with Crippen molar-refractivity contribution >= 4 is 68.2 Å². The minimum Gasteiger partial charge on any atom is -0.298 e. The van der Waals surface area contributed by atoms with Crippen LogP contribution in [-0.2, 0) is 4.79 Å². The van der Waals surface area contributed by atoms with Gasteiger partial charge in [0.2, 0.25) is 5.91 Å². The summed E-state index contributed by atoms with van der Waals surface area (Å²) in [6.07, 6.45) is 3.02. The molecule has 3 N–H and O–H groups in total. The van der Waals surface area contributed by atoms with E-state index in [2.05, 4.69) is 16.2 Å². The Morgan fingerprint density at radius 3 is 2.44 bits per heavy atom. The monoisotopic (exact) mass is 415 g/mol. The fraction of sp³-hybridized carbons (Fsp3) is 0. The van der Waals surface area contributed by atoms with E-state index in [-0.39, 0.29) is 5.11 Å². The molecule has 0 saturated carbocycles. The van der Waals surface area contributed by atoms with Crippen molar-refractivity contribution in [2.45, 2.75) is 0 Å². The molecule has 0 spiro atoms. The lowest BCUT2D eigenvalue weighted by Gasteiger charge is -2.09. The second-order valence-corrected chi connectivity index (χ2v) is 7.22. The molecule has 0 aliphatic carbocycles. The van der Waals surface area contributed by atoms with Gasteiger partial charge >= 0.3 is 0 Å².